The van der Waals surface area contributed by atoms with Crippen LogP contribution >= 0.6 is 0 Å². The van der Waals surface area contributed by atoms with Crippen LogP contribution in [0.25, 0.3) is 0 Å². The summed E-state index contributed by atoms with van der Waals surface area (Å²) in [6, 6.07) is 0. The Morgan fingerprint density at radius 1 is 1.53 bits per heavy atom. The highest BCUT2D eigenvalue weighted by molar-refractivity contribution is 5.28. The summed E-state index contributed by atoms with van der Waals surface area (Å²) in [4.78, 5) is 18.8. The van der Waals surface area contributed by atoms with Crippen LogP contribution in [0.2, 0.25) is 0 Å². The first-order valence-corrected chi connectivity index (χ1v) is 6.16. The Balaban J connectivity index is 2.38. The second-order valence-corrected chi connectivity index (χ2v) is 4.81. The number of H-pyrrole nitrogens is 1. The van der Waals surface area contributed by atoms with E-state index in [4.69, 9.17) is 5.73 Å². The Bertz CT molecular complexity index is 450. The number of hydrogen-bond donors (Lipinski definition) is 3. The smallest absolute Gasteiger partial charge is 0.258 e. The number of aromatic nitrogens is 2. The van der Waals surface area contributed by atoms with Crippen molar-refractivity contribution in [1.82, 2.24) is 9.97 Å². The quantitative estimate of drug-likeness (QED) is 0.736. The van der Waals surface area contributed by atoms with Crippen molar-refractivity contribution < 1.29 is 5.11 Å². The average Bonchev–Trinajstić information content (AvgIpc) is 2.80. The highest BCUT2D eigenvalue weighted by atomic mass is 16.3. The number of nitrogens with two attached hydrogens (primary N) is 1. The Morgan fingerprint density at radius 3 is 2.71 bits per heavy atom. The van der Waals surface area contributed by atoms with Gasteiger partial charge in [-0.1, -0.05) is 19.8 Å². The lowest BCUT2D eigenvalue weighted by molar-refractivity contribution is 0.429. The van der Waals surface area contributed by atoms with E-state index in [0.29, 0.717) is 17.9 Å². The molecule has 1 fully saturated rings. The molecule has 1 saturated carbocycles. The number of rotatable bonds is 3. The maximum atomic E-state index is 12.0. The van der Waals surface area contributed by atoms with E-state index in [1.54, 1.807) is 0 Å². The van der Waals surface area contributed by atoms with Gasteiger partial charge in [-0.05, 0) is 18.8 Å². The van der Waals surface area contributed by atoms with Gasteiger partial charge in [-0.3, -0.25) is 4.79 Å². The highest BCUT2D eigenvalue weighted by Gasteiger charge is 2.25. The largest absolute Gasteiger partial charge is 0.493 e. The van der Waals surface area contributed by atoms with Crippen LogP contribution in [0, 0.1) is 0 Å². The molecule has 1 atom stereocenters. The van der Waals surface area contributed by atoms with Gasteiger partial charge in [0.25, 0.3) is 5.56 Å². The molecule has 94 valence electrons. The normalized spacial score (nSPS) is 18.5. The lowest BCUT2D eigenvalue weighted by atomic mass is 9.99. The predicted octanol–water partition coefficient (Wildman–Crippen LogP) is 1.20. The molecule has 1 heterocycles. The molecule has 0 aromatic carbocycles. The lowest BCUT2D eigenvalue weighted by Gasteiger charge is -2.13. The fourth-order valence-corrected chi connectivity index (χ4v) is 2.41. The van der Waals surface area contributed by atoms with Crippen molar-refractivity contribution in [3.63, 3.8) is 0 Å². The number of aromatic hydroxyl groups is 1. The first-order valence-electron chi connectivity index (χ1n) is 6.16. The van der Waals surface area contributed by atoms with Crippen molar-refractivity contribution in [2.45, 2.75) is 44.4 Å². The van der Waals surface area contributed by atoms with E-state index in [2.05, 4.69) is 9.97 Å². The monoisotopic (exact) mass is 237 g/mol. The van der Waals surface area contributed by atoms with Gasteiger partial charge in [0.15, 0.2) is 0 Å². The summed E-state index contributed by atoms with van der Waals surface area (Å²) >= 11 is 0. The van der Waals surface area contributed by atoms with Crippen molar-refractivity contribution in [1.29, 1.82) is 0 Å². The van der Waals surface area contributed by atoms with Gasteiger partial charge in [0.1, 0.15) is 5.82 Å². The summed E-state index contributed by atoms with van der Waals surface area (Å²) < 4.78 is 0. The first kappa shape index (κ1) is 12.1. The summed E-state index contributed by atoms with van der Waals surface area (Å²) in [6.45, 7) is 2.26. The van der Waals surface area contributed by atoms with Crippen LogP contribution in [0.15, 0.2) is 4.79 Å². The molecule has 0 saturated heterocycles. The summed E-state index contributed by atoms with van der Waals surface area (Å²) in [5, 5.41) is 9.91. The minimum absolute atomic E-state index is 0.0498. The molecule has 2 rings (SSSR count). The fraction of sp³-hybridized carbons (Fsp3) is 0.667. The number of nitrogens with one attached hydrogen (secondary N) is 1. The van der Waals surface area contributed by atoms with Crippen LogP contribution in [0.3, 0.4) is 0 Å². The van der Waals surface area contributed by atoms with Gasteiger partial charge in [-0.15, -0.1) is 0 Å². The van der Waals surface area contributed by atoms with Crippen molar-refractivity contribution in [2.75, 3.05) is 6.54 Å². The van der Waals surface area contributed by atoms with Gasteiger partial charge in [-0.25, -0.2) is 0 Å². The molecule has 0 radical (unpaired) electrons. The Hall–Kier alpha value is -1.36. The maximum absolute atomic E-state index is 12.0. The van der Waals surface area contributed by atoms with Crippen molar-refractivity contribution in [3.05, 3.63) is 21.7 Å². The molecular formula is C12H19N3O2. The zero-order chi connectivity index (χ0) is 12.4. The SMILES string of the molecule is CC(CN)c1nc(O)c(C2CCCC2)c(=O)[nH]1. The second-order valence-electron chi connectivity index (χ2n) is 4.81. The van der Waals surface area contributed by atoms with Gasteiger partial charge in [0.2, 0.25) is 5.88 Å². The second kappa shape index (κ2) is 4.87. The number of nitrogens with zero attached hydrogens (tertiary/aromatic N) is 1. The van der Waals surface area contributed by atoms with Crippen molar-refractivity contribution >= 4 is 0 Å². The maximum Gasteiger partial charge on any atom is 0.258 e. The van der Waals surface area contributed by atoms with E-state index >= 15 is 0 Å². The van der Waals surface area contributed by atoms with Crippen LogP contribution in [-0.2, 0) is 0 Å². The van der Waals surface area contributed by atoms with Gasteiger partial charge in [0, 0.05) is 12.5 Å². The van der Waals surface area contributed by atoms with Gasteiger partial charge >= 0.3 is 0 Å². The summed E-state index contributed by atoms with van der Waals surface area (Å²) in [6.07, 6.45) is 4.16. The summed E-state index contributed by atoms with van der Waals surface area (Å²) in [5.41, 5.74) is 5.77. The summed E-state index contributed by atoms with van der Waals surface area (Å²) in [5.74, 6) is 0.465. The minimum atomic E-state index is -0.209. The molecule has 1 aromatic heterocycles. The zero-order valence-corrected chi connectivity index (χ0v) is 10.1. The third-order valence-electron chi connectivity index (χ3n) is 3.54. The standard InChI is InChI=1S/C12H19N3O2/c1-7(6-13)10-14-11(16)9(12(17)15-10)8-4-2-3-5-8/h7-8H,2-6,13H2,1H3,(H2,14,15,16,17). The molecule has 4 N–H and O–H groups in total. The molecule has 1 aromatic rings. The Morgan fingerprint density at radius 2 is 2.18 bits per heavy atom. The molecule has 0 bridgehead atoms. The minimum Gasteiger partial charge on any atom is -0.493 e. The Labute approximate surface area is 100 Å². The molecular weight excluding hydrogens is 218 g/mol. The first-order chi connectivity index (χ1) is 8.13. The van der Waals surface area contributed by atoms with Crippen LogP contribution < -0.4 is 11.3 Å². The van der Waals surface area contributed by atoms with Gasteiger partial charge < -0.3 is 15.8 Å². The van der Waals surface area contributed by atoms with E-state index in [0.717, 1.165) is 25.7 Å². The van der Waals surface area contributed by atoms with Crippen molar-refractivity contribution in [3.8, 4) is 5.88 Å². The Kier molecular flexibility index (Phi) is 3.47. The topological polar surface area (TPSA) is 92.0 Å². The van der Waals surface area contributed by atoms with E-state index in [1.165, 1.54) is 0 Å². The third-order valence-corrected chi connectivity index (χ3v) is 3.54. The van der Waals surface area contributed by atoms with Crippen LogP contribution in [0.4, 0.5) is 0 Å². The number of aromatic amines is 1. The molecule has 1 aliphatic carbocycles. The highest BCUT2D eigenvalue weighted by Crippen LogP contribution is 2.35. The fourth-order valence-electron chi connectivity index (χ4n) is 2.41. The van der Waals surface area contributed by atoms with Crippen molar-refractivity contribution in [2.24, 2.45) is 5.73 Å². The molecule has 1 unspecified atom stereocenters. The van der Waals surface area contributed by atoms with Crippen LogP contribution in [0.1, 0.15) is 55.8 Å². The van der Waals surface area contributed by atoms with Crippen LogP contribution in [0.5, 0.6) is 5.88 Å². The average molecular weight is 237 g/mol. The molecule has 0 spiro atoms. The third kappa shape index (κ3) is 2.34. The van der Waals surface area contributed by atoms with E-state index in [9.17, 15) is 9.90 Å². The van der Waals surface area contributed by atoms with E-state index in [1.807, 2.05) is 6.92 Å². The van der Waals surface area contributed by atoms with Gasteiger partial charge in [-0.2, -0.15) is 4.98 Å². The van der Waals surface area contributed by atoms with Crippen LogP contribution in [-0.4, -0.2) is 21.6 Å². The van der Waals surface area contributed by atoms with Gasteiger partial charge in [0.05, 0.1) is 5.56 Å². The molecule has 0 aliphatic heterocycles. The molecule has 5 heteroatoms. The molecule has 0 amide bonds. The molecule has 5 nitrogen and oxygen atoms in total. The lowest BCUT2D eigenvalue weighted by Crippen LogP contribution is -2.22. The number of hydrogen-bond acceptors (Lipinski definition) is 4. The van der Waals surface area contributed by atoms with E-state index in [-0.39, 0.29) is 23.3 Å². The molecule has 17 heavy (non-hydrogen) atoms. The van der Waals surface area contributed by atoms with E-state index < -0.39 is 0 Å². The summed E-state index contributed by atoms with van der Waals surface area (Å²) in [7, 11) is 0. The molecule has 1 aliphatic rings. The predicted molar refractivity (Wildman–Crippen MR) is 65.2 cm³/mol. The zero-order valence-electron chi connectivity index (χ0n) is 10.1.